The van der Waals surface area contributed by atoms with Gasteiger partial charge in [-0.1, -0.05) is 134 Å². The van der Waals surface area contributed by atoms with Gasteiger partial charge >= 0.3 is 19.8 Å². The monoisotopic (exact) mass is 742 g/mol. The third-order valence-electron chi connectivity index (χ3n) is 8.50. The third-order valence-corrected chi connectivity index (χ3v) is 9.48. The van der Waals surface area contributed by atoms with E-state index in [1.807, 2.05) is 0 Å². The van der Waals surface area contributed by atoms with Crippen LogP contribution in [0.3, 0.4) is 0 Å². The highest BCUT2D eigenvalue weighted by Crippen LogP contribution is 2.43. The lowest BCUT2D eigenvalue weighted by atomic mass is 10.1. The van der Waals surface area contributed by atoms with E-state index in [1.54, 1.807) is 0 Å². The Morgan fingerprint density at radius 2 is 1.02 bits per heavy atom. The molecule has 0 bridgehead atoms. The molecule has 2 atom stereocenters. The molecule has 0 heterocycles. The Balaban J connectivity index is 4.23. The molecule has 0 fully saturated rings. The summed E-state index contributed by atoms with van der Waals surface area (Å²) in [5, 5.41) is 0. The summed E-state index contributed by atoms with van der Waals surface area (Å²) >= 11 is 0. The van der Waals surface area contributed by atoms with E-state index in [4.69, 9.17) is 24.3 Å². The molecule has 0 aromatic carbocycles. The van der Waals surface area contributed by atoms with Gasteiger partial charge in [-0.05, 0) is 70.6 Å². The standard InChI is InChI=1S/C41H76NO8P/c1-3-5-7-9-11-13-15-17-19-21-23-25-27-29-31-33-40(43)47-37-39(38-49-51(45,46)48-36-35-42)50-41(44)34-32-30-28-26-24-22-20-18-16-14-12-10-8-6-4-2/h11,13,17-20,39H,3-10,12,14-16,21-38,42H2,1-2H3,(H,45,46). The predicted molar refractivity (Wildman–Crippen MR) is 210 cm³/mol. The van der Waals surface area contributed by atoms with Crippen LogP contribution in [0.25, 0.3) is 0 Å². The molecule has 9 nitrogen and oxygen atoms in total. The lowest BCUT2D eigenvalue weighted by molar-refractivity contribution is -0.161. The molecule has 0 radical (unpaired) electrons. The van der Waals surface area contributed by atoms with E-state index < -0.39 is 32.5 Å². The highest BCUT2D eigenvalue weighted by Gasteiger charge is 2.25. The average molecular weight is 742 g/mol. The van der Waals surface area contributed by atoms with Gasteiger partial charge in [0.1, 0.15) is 6.61 Å². The van der Waals surface area contributed by atoms with Crippen molar-refractivity contribution >= 4 is 19.8 Å². The number of esters is 2. The summed E-state index contributed by atoms with van der Waals surface area (Å²) < 4.78 is 32.7. The number of nitrogens with two attached hydrogens (primary N) is 1. The lowest BCUT2D eigenvalue weighted by Crippen LogP contribution is -2.29. The smallest absolute Gasteiger partial charge is 0.462 e. The van der Waals surface area contributed by atoms with Crippen LogP contribution in [-0.4, -0.2) is 49.3 Å². The SMILES string of the molecule is CCCCCC=CCC=CCCCCCCCC(=O)OCC(COP(=O)(O)OCCN)OC(=O)CCCCCCCC=CCCCCCCCC. The van der Waals surface area contributed by atoms with Crippen LogP contribution in [0.4, 0.5) is 0 Å². The molecular weight excluding hydrogens is 665 g/mol. The quantitative estimate of drug-likeness (QED) is 0.0274. The summed E-state index contributed by atoms with van der Waals surface area (Å²) in [4.78, 5) is 34.8. The van der Waals surface area contributed by atoms with Crippen LogP contribution in [-0.2, 0) is 32.7 Å². The van der Waals surface area contributed by atoms with Crippen molar-refractivity contribution in [2.24, 2.45) is 5.73 Å². The van der Waals surface area contributed by atoms with E-state index in [0.717, 1.165) is 70.6 Å². The van der Waals surface area contributed by atoms with Gasteiger partial charge in [0.2, 0.25) is 0 Å². The van der Waals surface area contributed by atoms with E-state index in [9.17, 15) is 19.0 Å². The summed E-state index contributed by atoms with van der Waals surface area (Å²) in [6, 6.07) is 0. The van der Waals surface area contributed by atoms with Gasteiger partial charge < -0.3 is 20.1 Å². The van der Waals surface area contributed by atoms with Crippen LogP contribution in [0.5, 0.6) is 0 Å². The first-order chi connectivity index (χ1) is 24.8. The van der Waals surface area contributed by atoms with Crippen LogP contribution in [0.2, 0.25) is 0 Å². The summed E-state index contributed by atoms with van der Waals surface area (Å²) in [6.45, 7) is 3.67. The lowest BCUT2D eigenvalue weighted by Gasteiger charge is -2.19. The van der Waals surface area contributed by atoms with E-state index in [0.29, 0.717) is 12.8 Å². The Labute approximate surface area is 312 Å². The predicted octanol–water partition coefficient (Wildman–Crippen LogP) is 11.4. The summed E-state index contributed by atoms with van der Waals surface area (Å²) in [6.07, 6.45) is 40.2. The largest absolute Gasteiger partial charge is 0.472 e. The van der Waals surface area contributed by atoms with Crippen LogP contribution in [0.15, 0.2) is 36.5 Å². The van der Waals surface area contributed by atoms with Gasteiger partial charge in [0, 0.05) is 19.4 Å². The van der Waals surface area contributed by atoms with Crippen LogP contribution in [0, 0.1) is 0 Å². The second-order valence-electron chi connectivity index (χ2n) is 13.5. The number of ether oxygens (including phenoxy) is 2. The number of carbonyl (C=O) groups is 2. The third kappa shape index (κ3) is 37.8. The van der Waals surface area contributed by atoms with Gasteiger partial charge in [-0.15, -0.1) is 0 Å². The fraction of sp³-hybridized carbons (Fsp3) is 0.805. The van der Waals surface area contributed by atoms with Crippen molar-refractivity contribution in [2.75, 3.05) is 26.4 Å². The molecule has 0 amide bonds. The molecule has 0 aromatic heterocycles. The van der Waals surface area contributed by atoms with E-state index in [1.165, 1.54) is 70.6 Å². The van der Waals surface area contributed by atoms with Gasteiger partial charge in [0.15, 0.2) is 6.10 Å². The van der Waals surface area contributed by atoms with Crippen LogP contribution in [0.1, 0.15) is 181 Å². The molecule has 0 aliphatic carbocycles. The van der Waals surface area contributed by atoms with Crippen molar-refractivity contribution in [3.8, 4) is 0 Å². The maximum absolute atomic E-state index is 12.5. The van der Waals surface area contributed by atoms with Crippen molar-refractivity contribution in [1.82, 2.24) is 0 Å². The number of carbonyl (C=O) groups excluding carboxylic acids is 2. The summed E-state index contributed by atoms with van der Waals surface area (Å²) in [5.41, 5.74) is 5.34. The zero-order valence-corrected chi connectivity index (χ0v) is 33.5. The number of rotatable bonds is 38. The minimum Gasteiger partial charge on any atom is -0.462 e. The minimum absolute atomic E-state index is 0.0497. The molecule has 0 spiro atoms. The van der Waals surface area contributed by atoms with Crippen molar-refractivity contribution in [3.05, 3.63) is 36.5 Å². The first kappa shape index (κ1) is 49.2. The zero-order valence-electron chi connectivity index (χ0n) is 32.6. The molecule has 298 valence electrons. The molecule has 0 saturated heterocycles. The maximum Gasteiger partial charge on any atom is 0.472 e. The molecule has 2 unspecified atom stereocenters. The van der Waals surface area contributed by atoms with E-state index in [-0.39, 0.29) is 32.6 Å². The fourth-order valence-electron chi connectivity index (χ4n) is 5.42. The normalized spacial score (nSPS) is 13.7. The van der Waals surface area contributed by atoms with Gasteiger partial charge in [-0.25, -0.2) is 4.57 Å². The van der Waals surface area contributed by atoms with Crippen molar-refractivity contribution in [3.63, 3.8) is 0 Å². The van der Waals surface area contributed by atoms with E-state index >= 15 is 0 Å². The number of unbranched alkanes of at least 4 members (excludes halogenated alkanes) is 19. The minimum atomic E-state index is -4.38. The Morgan fingerprint density at radius 1 is 0.588 bits per heavy atom. The van der Waals surface area contributed by atoms with Gasteiger partial charge in [-0.3, -0.25) is 18.6 Å². The van der Waals surface area contributed by atoms with Gasteiger partial charge in [-0.2, -0.15) is 0 Å². The van der Waals surface area contributed by atoms with E-state index in [2.05, 4.69) is 50.3 Å². The Morgan fingerprint density at radius 3 is 1.55 bits per heavy atom. The molecule has 0 aromatic rings. The average Bonchev–Trinajstić information content (AvgIpc) is 3.11. The second-order valence-corrected chi connectivity index (χ2v) is 14.9. The number of phosphoric ester groups is 1. The number of hydrogen-bond donors (Lipinski definition) is 2. The second kappa shape index (κ2) is 38.0. The van der Waals surface area contributed by atoms with Gasteiger partial charge in [0.25, 0.3) is 0 Å². The van der Waals surface area contributed by atoms with Crippen molar-refractivity contribution in [1.29, 1.82) is 0 Å². The molecular formula is C41H76NO8P. The molecule has 0 rings (SSSR count). The van der Waals surface area contributed by atoms with Crippen molar-refractivity contribution in [2.45, 2.75) is 187 Å². The Hall–Kier alpha value is -1.77. The highest BCUT2D eigenvalue weighted by molar-refractivity contribution is 7.47. The van der Waals surface area contributed by atoms with Crippen LogP contribution >= 0.6 is 7.82 Å². The summed E-state index contributed by atoms with van der Waals surface area (Å²) in [5.74, 6) is -0.854. The molecule has 0 aliphatic heterocycles. The number of hydrogen-bond acceptors (Lipinski definition) is 8. The molecule has 3 N–H and O–H groups in total. The zero-order chi connectivity index (χ0) is 37.5. The molecule has 0 aliphatic rings. The topological polar surface area (TPSA) is 134 Å². The maximum atomic E-state index is 12.5. The molecule has 10 heteroatoms. The molecule has 51 heavy (non-hydrogen) atoms. The Kier molecular flexibility index (Phi) is 36.7. The molecule has 0 saturated carbocycles. The Bertz CT molecular complexity index is 939. The highest BCUT2D eigenvalue weighted by atomic mass is 31.2. The van der Waals surface area contributed by atoms with Crippen molar-refractivity contribution < 1.29 is 37.6 Å². The van der Waals surface area contributed by atoms with Gasteiger partial charge in [0.05, 0.1) is 13.2 Å². The summed E-state index contributed by atoms with van der Waals surface area (Å²) in [7, 11) is -4.38. The fourth-order valence-corrected chi connectivity index (χ4v) is 6.19. The van der Waals surface area contributed by atoms with Crippen LogP contribution < -0.4 is 5.73 Å². The first-order valence-electron chi connectivity index (χ1n) is 20.5. The number of phosphoric acid groups is 1. The first-order valence-corrected chi connectivity index (χ1v) is 22.0. The number of allylic oxidation sites excluding steroid dienone is 6.